The van der Waals surface area contributed by atoms with Crippen LogP contribution in [0.25, 0.3) is 0 Å². The van der Waals surface area contributed by atoms with Crippen molar-refractivity contribution in [1.82, 2.24) is 15.5 Å². The highest BCUT2D eigenvalue weighted by atomic mass is 127. The average molecular weight is 434 g/mol. The minimum Gasteiger partial charge on any atom is -0.357 e. The molecule has 1 fully saturated rings. The molecule has 0 bridgehead atoms. The van der Waals surface area contributed by atoms with Crippen LogP contribution >= 0.6 is 24.0 Å². The quantitative estimate of drug-likeness (QED) is 0.411. The first kappa shape index (κ1) is 20.2. The lowest BCUT2D eigenvalue weighted by atomic mass is 10.2. The van der Waals surface area contributed by atoms with Gasteiger partial charge in [-0.25, -0.2) is 9.38 Å². The van der Waals surface area contributed by atoms with Gasteiger partial charge in [0, 0.05) is 19.1 Å². The number of guanidine groups is 1. The van der Waals surface area contributed by atoms with E-state index in [1.54, 1.807) is 6.07 Å². The Kier molecular flexibility index (Phi) is 9.47. The molecule has 23 heavy (non-hydrogen) atoms. The van der Waals surface area contributed by atoms with Gasteiger partial charge in [0.05, 0.1) is 6.54 Å². The molecule has 0 spiro atoms. The molecule has 1 aliphatic heterocycles. The molecule has 0 aromatic heterocycles. The average Bonchev–Trinajstić information content (AvgIpc) is 2.97. The van der Waals surface area contributed by atoms with Crippen LogP contribution in [0.15, 0.2) is 29.3 Å². The summed E-state index contributed by atoms with van der Waals surface area (Å²) in [7, 11) is 0. The molecule has 6 heteroatoms. The Morgan fingerprint density at radius 1 is 1.35 bits per heavy atom. The fraction of sp³-hybridized carbons (Fsp3) is 0.588. The van der Waals surface area contributed by atoms with Gasteiger partial charge in [-0.3, -0.25) is 4.90 Å². The van der Waals surface area contributed by atoms with Gasteiger partial charge in [0.25, 0.3) is 0 Å². The minimum absolute atomic E-state index is 0. The normalized spacial score (nSPS) is 18.6. The third-order valence-electron chi connectivity index (χ3n) is 4.06. The lowest BCUT2D eigenvalue weighted by Crippen LogP contribution is -2.44. The molecule has 1 aliphatic rings. The maximum absolute atomic E-state index is 13.2. The molecule has 1 unspecified atom stereocenters. The second-order valence-electron chi connectivity index (χ2n) is 5.63. The van der Waals surface area contributed by atoms with Crippen LogP contribution in [-0.4, -0.2) is 43.1 Å². The summed E-state index contributed by atoms with van der Waals surface area (Å²) in [5.74, 6) is 0.588. The summed E-state index contributed by atoms with van der Waals surface area (Å²) in [5.41, 5.74) is 0.883. The number of nitrogens with zero attached hydrogens (tertiary/aromatic N) is 2. The second kappa shape index (κ2) is 10.8. The lowest BCUT2D eigenvalue weighted by molar-refractivity contribution is 0.267. The van der Waals surface area contributed by atoms with E-state index < -0.39 is 0 Å². The van der Waals surface area contributed by atoms with E-state index in [0.29, 0.717) is 12.6 Å². The van der Waals surface area contributed by atoms with Crippen LogP contribution in [0.5, 0.6) is 0 Å². The van der Waals surface area contributed by atoms with Gasteiger partial charge in [0.2, 0.25) is 0 Å². The third-order valence-corrected chi connectivity index (χ3v) is 4.06. The standard InChI is InChI=1S/C17H27FN4.HI/c1-3-19-17(20-12-14-7-5-8-15(18)11-14)21-13-16-9-6-10-22(16)4-2;/h5,7-8,11,16H,3-4,6,9-10,12-13H2,1-2H3,(H2,19,20,21);1H. The van der Waals surface area contributed by atoms with Crippen molar-refractivity contribution < 1.29 is 4.39 Å². The number of hydrogen-bond acceptors (Lipinski definition) is 2. The van der Waals surface area contributed by atoms with Gasteiger partial charge in [0.15, 0.2) is 5.96 Å². The van der Waals surface area contributed by atoms with Gasteiger partial charge in [0.1, 0.15) is 5.82 Å². The monoisotopic (exact) mass is 434 g/mol. The summed E-state index contributed by atoms with van der Waals surface area (Å²) in [6.45, 7) is 8.76. The predicted octanol–water partition coefficient (Wildman–Crippen LogP) is 2.98. The van der Waals surface area contributed by atoms with Crippen LogP contribution in [0.1, 0.15) is 32.3 Å². The predicted molar refractivity (Wildman–Crippen MR) is 105 cm³/mol. The first-order chi connectivity index (χ1) is 10.7. The van der Waals surface area contributed by atoms with Crippen molar-refractivity contribution in [2.45, 2.75) is 39.3 Å². The van der Waals surface area contributed by atoms with Gasteiger partial charge in [-0.2, -0.15) is 0 Å². The maximum Gasteiger partial charge on any atom is 0.191 e. The minimum atomic E-state index is -0.213. The summed E-state index contributed by atoms with van der Waals surface area (Å²) in [6.07, 6.45) is 2.52. The van der Waals surface area contributed by atoms with Gasteiger partial charge >= 0.3 is 0 Å². The number of rotatable bonds is 6. The molecule has 1 aromatic carbocycles. The summed E-state index contributed by atoms with van der Waals surface area (Å²) >= 11 is 0. The first-order valence-corrected chi connectivity index (χ1v) is 8.23. The molecule has 0 amide bonds. The van der Waals surface area contributed by atoms with Crippen molar-refractivity contribution in [2.24, 2.45) is 4.99 Å². The summed E-state index contributed by atoms with van der Waals surface area (Å²) in [6, 6.07) is 7.19. The van der Waals surface area contributed by atoms with E-state index in [9.17, 15) is 4.39 Å². The Hall–Kier alpha value is -0.890. The highest BCUT2D eigenvalue weighted by molar-refractivity contribution is 14.0. The Balaban J connectivity index is 0.00000264. The molecule has 1 saturated heterocycles. The number of likely N-dealkylation sites (tertiary alicyclic amines) is 1. The molecule has 0 aliphatic carbocycles. The number of aliphatic imine (C=N–C) groups is 1. The van der Waals surface area contributed by atoms with Crippen LogP contribution in [0.3, 0.4) is 0 Å². The Bertz CT molecular complexity index is 495. The second-order valence-corrected chi connectivity index (χ2v) is 5.63. The topological polar surface area (TPSA) is 39.7 Å². The zero-order valence-corrected chi connectivity index (χ0v) is 16.3. The Morgan fingerprint density at radius 2 is 2.17 bits per heavy atom. The van der Waals surface area contributed by atoms with E-state index >= 15 is 0 Å². The van der Waals surface area contributed by atoms with Gasteiger partial charge in [-0.1, -0.05) is 19.1 Å². The smallest absolute Gasteiger partial charge is 0.191 e. The van der Waals surface area contributed by atoms with E-state index in [0.717, 1.165) is 31.2 Å². The highest BCUT2D eigenvalue weighted by Gasteiger charge is 2.22. The number of nitrogens with one attached hydrogen (secondary N) is 2. The van der Waals surface area contributed by atoms with Crippen LogP contribution in [-0.2, 0) is 6.54 Å². The van der Waals surface area contributed by atoms with Gasteiger partial charge in [-0.05, 0) is 50.6 Å². The van der Waals surface area contributed by atoms with Crippen LogP contribution in [0.4, 0.5) is 4.39 Å². The van der Waals surface area contributed by atoms with Crippen LogP contribution in [0, 0.1) is 5.82 Å². The van der Waals surface area contributed by atoms with Crippen molar-refractivity contribution in [1.29, 1.82) is 0 Å². The van der Waals surface area contributed by atoms with E-state index in [4.69, 9.17) is 0 Å². The zero-order valence-electron chi connectivity index (χ0n) is 14.0. The van der Waals surface area contributed by atoms with E-state index in [2.05, 4.69) is 27.4 Å². The molecule has 0 radical (unpaired) electrons. The van der Waals surface area contributed by atoms with Crippen molar-refractivity contribution in [3.8, 4) is 0 Å². The van der Waals surface area contributed by atoms with E-state index in [1.165, 1.54) is 31.5 Å². The molecule has 0 saturated carbocycles. The number of hydrogen-bond donors (Lipinski definition) is 2. The third kappa shape index (κ3) is 6.63. The molecule has 130 valence electrons. The van der Waals surface area contributed by atoms with E-state index in [1.807, 2.05) is 13.0 Å². The SMILES string of the molecule is CCNC(=NCc1cccc(F)c1)NCC1CCCN1CC.I. The summed E-state index contributed by atoms with van der Waals surface area (Å²) < 4.78 is 13.2. The molecule has 2 N–H and O–H groups in total. The number of benzene rings is 1. The molecule has 1 aromatic rings. The van der Waals surface area contributed by atoms with Crippen LogP contribution < -0.4 is 10.6 Å². The van der Waals surface area contributed by atoms with Gasteiger partial charge < -0.3 is 10.6 Å². The summed E-state index contributed by atoms with van der Waals surface area (Å²) in [4.78, 5) is 7.05. The molecule has 4 nitrogen and oxygen atoms in total. The lowest BCUT2D eigenvalue weighted by Gasteiger charge is -2.24. The number of likely N-dealkylation sites (N-methyl/N-ethyl adjacent to an activating group) is 1. The van der Waals surface area contributed by atoms with E-state index in [-0.39, 0.29) is 29.8 Å². The fourth-order valence-corrected chi connectivity index (χ4v) is 2.90. The van der Waals surface area contributed by atoms with Crippen molar-refractivity contribution in [3.63, 3.8) is 0 Å². The molecular formula is C17H28FIN4. The van der Waals surface area contributed by atoms with Crippen molar-refractivity contribution in [2.75, 3.05) is 26.2 Å². The van der Waals surface area contributed by atoms with Gasteiger partial charge in [-0.15, -0.1) is 24.0 Å². The molecule has 2 rings (SSSR count). The summed E-state index contributed by atoms with van der Waals surface area (Å²) in [5, 5.41) is 6.67. The maximum atomic E-state index is 13.2. The first-order valence-electron chi connectivity index (χ1n) is 8.23. The Morgan fingerprint density at radius 3 is 2.87 bits per heavy atom. The highest BCUT2D eigenvalue weighted by Crippen LogP contribution is 2.15. The number of halogens is 2. The zero-order chi connectivity index (χ0) is 15.8. The molecule has 1 heterocycles. The van der Waals surface area contributed by atoms with Crippen molar-refractivity contribution >= 4 is 29.9 Å². The van der Waals surface area contributed by atoms with Crippen LogP contribution in [0.2, 0.25) is 0 Å². The largest absolute Gasteiger partial charge is 0.357 e. The molecule has 1 atom stereocenters. The van der Waals surface area contributed by atoms with Crippen molar-refractivity contribution in [3.05, 3.63) is 35.6 Å². The fourth-order valence-electron chi connectivity index (χ4n) is 2.90. The Labute approximate surface area is 156 Å². The molecular weight excluding hydrogens is 406 g/mol.